The van der Waals surface area contributed by atoms with Crippen LogP contribution < -0.4 is 5.32 Å². The van der Waals surface area contributed by atoms with Gasteiger partial charge in [-0.1, -0.05) is 34.1 Å². The molecule has 0 radical (unpaired) electrons. The van der Waals surface area contributed by atoms with Crippen molar-refractivity contribution in [2.24, 2.45) is 0 Å². The molecule has 3 aromatic rings. The molecule has 0 bridgehead atoms. The maximum Gasteiger partial charge on any atom is 0.257 e. The van der Waals surface area contributed by atoms with Crippen LogP contribution in [0.2, 0.25) is 0 Å². The average molecular weight is 329 g/mol. The Kier molecular flexibility index (Phi) is 3.32. The topological polar surface area (TPSA) is 44.9 Å². The number of aryl methyl sites for hydroxylation is 1. The van der Waals surface area contributed by atoms with Gasteiger partial charge in [0.1, 0.15) is 0 Å². The molecule has 100 valence electrons. The van der Waals surface area contributed by atoms with E-state index in [0.29, 0.717) is 5.56 Å². The Morgan fingerprint density at radius 1 is 1.20 bits per heavy atom. The van der Waals surface area contributed by atoms with Crippen LogP contribution in [0.3, 0.4) is 0 Å². The first-order chi connectivity index (χ1) is 9.65. The van der Waals surface area contributed by atoms with Crippen molar-refractivity contribution in [1.29, 1.82) is 0 Å². The van der Waals surface area contributed by atoms with E-state index in [1.165, 1.54) is 0 Å². The van der Waals surface area contributed by atoms with Gasteiger partial charge in [-0.3, -0.25) is 4.79 Å². The van der Waals surface area contributed by atoms with E-state index in [1.807, 2.05) is 49.4 Å². The zero-order valence-electron chi connectivity index (χ0n) is 10.9. The van der Waals surface area contributed by atoms with E-state index < -0.39 is 0 Å². The molecule has 2 aromatic carbocycles. The molecule has 0 saturated heterocycles. The molecule has 1 aromatic heterocycles. The summed E-state index contributed by atoms with van der Waals surface area (Å²) in [4.78, 5) is 15.4. The van der Waals surface area contributed by atoms with E-state index in [0.717, 1.165) is 26.6 Å². The number of hydrogen-bond donors (Lipinski definition) is 2. The second-order valence-electron chi connectivity index (χ2n) is 4.67. The molecule has 0 fully saturated rings. The molecular weight excluding hydrogens is 316 g/mol. The van der Waals surface area contributed by atoms with Crippen molar-refractivity contribution in [3.8, 4) is 0 Å². The summed E-state index contributed by atoms with van der Waals surface area (Å²) in [6.45, 7) is 1.99. The van der Waals surface area contributed by atoms with E-state index >= 15 is 0 Å². The first-order valence-corrected chi connectivity index (χ1v) is 7.08. The Bertz CT molecular complexity index is 792. The molecule has 3 rings (SSSR count). The van der Waals surface area contributed by atoms with Gasteiger partial charge in [0.25, 0.3) is 5.91 Å². The van der Waals surface area contributed by atoms with Crippen LogP contribution in [0.15, 0.2) is 53.1 Å². The van der Waals surface area contributed by atoms with E-state index in [-0.39, 0.29) is 5.91 Å². The Morgan fingerprint density at radius 2 is 2.00 bits per heavy atom. The fraction of sp³-hybridized carbons (Fsp3) is 0.0625. The van der Waals surface area contributed by atoms with Crippen LogP contribution in [-0.4, -0.2) is 10.9 Å². The number of H-pyrrole nitrogens is 1. The summed E-state index contributed by atoms with van der Waals surface area (Å²) in [5, 5.41) is 3.85. The Balaban J connectivity index is 1.91. The predicted octanol–water partition coefficient (Wildman–Crippen LogP) is 4.49. The minimum Gasteiger partial charge on any atom is -0.360 e. The SMILES string of the molecule is Cc1cc(NC(=O)c2c[nH]c3ccccc23)ccc1Br. The van der Waals surface area contributed by atoms with Crippen LogP contribution in [-0.2, 0) is 0 Å². The predicted molar refractivity (Wildman–Crippen MR) is 85.1 cm³/mol. The molecule has 0 unspecified atom stereocenters. The molecule has 3 nitrogen and oxygen atoms in total. The van der Waals surface area contributed by atoms with Crippen molar-refractivity contribution in [1.82, 2.24) is 4.98 Å². The number of aromatic amines is 1. The van der Waals surface area contributed by atoms with Crippen LogP contribution >= 0.6 is 15.9 Å². The van der Waals surface area contributed by atoms with Gasteiger partial charge >= 0.3 is 0 Å². The molecule has 1 heterocycles. The minimum atomic E-state index is -0.107. The molecular formula is C16H13BrN2O. The highest BCUT2D eigenvalue weighted by Crippen LogP contribution is 2.22. The fourth-order valence-corrected chi connectivity index (χ4v) is 2.43. The summed E-state index contributed by atoms with van der Waals surface area (Å²) < 4.78 is 1.03. The lowest BCUT2D eigenvalue weighted by Crippen LogP contribution is -2.11. The largest absolute Gasteiger partial charge is 0.360 e. The lowest BCUT2D eigenvalue weighted by atomic mass is 10.1. The van der Waals surface area contributed by atoms with Gasteiger partial charge in [0.05, 0.1) is 5.56 Å². The first-order valence-electron chi connectivity index (χ1n) is 6.29. The quantitative estimate of drug-likeness (QED) is 0.715. The van der Waals surface area contributed by atoms with Gasteiger partial charge in [0, 0.05) is 27.3 Å². The maximum atomic E-state index is 12.3. The number of anilines is 1. The van der Waals surface area contributed by atoms with Gasteiger partial charge in [-0.05, 0) is 36.8 Å². The van der Waals surface area contributed by atoms with E-state index in [9.17, 15) is 4.79 Å². The third-order valence-electron chi connectivity index (χ3n) is 3.25. The summed E-state index contributed by atoms with van der Waals surface area (Å²) in [7, 11) is 0. The molecule has 0 aliphatic rings. The number of para-hydroxylation sites is 1. The molecule has 2 N–H and O–H groups in total. The highest BCUT2D eigenvalue weighted by Gasteiger charge is 2.12. The van der Waals surface area contributed by atoms with Crippen LogP contribution in [0, 0.1) is 6.92 Å². The molecule has 1 amide bonds. The lowest BCUT2D eigenvalue weighted by Gasteiger charge is -2.06. The summed E-state index contributed by atoms with van der Waals surface area (Å²) in [5.74, 6) is -0.107. The number of hydrogen-bond acceptors (Lipinski definition) is 1. The lowest BCUT2D eigenvalue weighted by molar-refractivity contribution is 0.102. The van der Waals surface area contributed by atoms with Crippen molar-refractivity contribution >= 4 is 38.4 Å². The van der Waals surface area contributed by atoms with Crippen molar-refractivity contribution in [2.45, 2.75) is 6.92 Å². The van der Waals surface area contributed by atoms with E-state index in [2.05, 4.69) is 26.2 Å². The second kappa shape index (κ2) is 5.13. The maximum absolute atomic E-state index is 12.3. The van der Waals surface area contributed by atoms with Crippen LogP contribution in [0.5, 0.6) is 0 Å². The fourth-order valence-electron chi connectivity index (χ4n) is 2.18. The summed E-state index contributed by atoms with van der Waals surface area (Å²) in [6.07, 6.45) is 1.74. The third kappa shape index (κ3) is 2.34. The number of carbonyl (C=O) groups excluding carboxylic acids is 1. The van der Waals surface area contributed by atoms with Gasteiger partial charge in [0.2, 0.25) is 0 Å². The summed E-state index contributed by atoms with van der Waals surface area (Å²) >= 11 is 3.45. The molecule has 0 atom stereocenters. The Morgan fingerprint density at radius 3 is 2.80 bits per heavy atom. The number of rotatable bonds is 2. The number of nitrogens with one attached hydrogen (secondary N) is 2. The molecule has 0 saturated carbocycles. The Labute approximate surface area is 125 Å². The van der Waals surface area contributed by atoms with Crippen molar-refractivity contribution in [3.63, 3.8) is 0 Å². The minimum absolute atomic E-state index is 0.107. The van der Waals surface area contributed by atoms with Gasteiger partial charge in [0.15, 0.2) is 0 Å². The molecule has 0 spiro atoms. The zero-order chi connectivity index (χ0) is 14.1. The number of carbonyl (C=O) groups is 1. The molecule has 0 aliphatic carbocycles. The van der Waals surface area contributed by atoms with Crippen molar-refractivity contribution in [2.75, 3.05) is 5.32 Å². The summed E-state index contributed by atoms with van der Waals surface area (Å²) in [5.41, 5.74) is 3.49. The van der Waals surface area contributed by atoms with Crippen molar-refractivity contribution < 1.29 is 4.79 Å². The van der Waals surface area contributed by atoms with Crippen LogP contribution in [0.1, 0.15) is 15.9 Å². The number of aromatic nitrogens is 1. The van der Waals surface area contributed by atoms with Gasteiger partial charge in [-0.25, -0.2) is 0 Å². The van der Waals surface area contributed by atoms with E-state index in [4.69, 9.17) is 0 Å². The number of halogens is 1. The summed E-state index contributed by atoms with van der Waals surface area (Å²) in [6, 6.07) is 13.5. The second-order valence-corrected chi connectivity index (χ2v) is 5.52. The smallest absolute Gasteiger partial charge is 0.257 e. The molecule has 0 aliphatic heterocycles. The molecule has 20 heavy (non-hydrogen) atoms. The number of benzene rings is 2. The standard InChI is InChI=1S/C16H13BrN2O/c1-10-8-11(6-7-14(10)17)19-16(20)13-9-18-15-5-3-2-4-12(13)15/h2-9,18H,1H3,(H,19,20). The third-order valence-corrected chi connectivity index (χ3v) is 4.14. The van der Waals surface area contributed by atoms with Gasteiger partial charge < -0.3 is 10.3 Å². The first kappa shape index (κ1) is 12.9. The van der Waals surface area contributed by atoms with Crippen LogP contribution in [0.25, 0.3) is 10.9 Å². The molecule has 4 heteroatoms. The Hall–Kier alpha value is -2.07. The highest BCUT2D eigenvalue weighted by molar-refractivity contribution is 9.10. The average Bonchev–Trinajstić information content (AvgIpc) is 2.87. The normalized spacial score (nSPS) is 10.7. The van der Waals surface area contributed by atoms with Gasteiger partial charge in [-0.2, -0.15) is 0 Å². The zero-order valence-corrected chi connectivity index (χ0v) is 12.5. The highest BCUT2D eigenvalue weighted by atomic mass is 79.9. The van der Waals surface area contributed by atoms with Gasteiger partial charge in [-0.15, -0.1) is 0 Å². The number of fused-ring (bicyclic) bond motifs is 1. The van der Waals surface area contributed by atoms with Crippen LogP contribution in [0.4, 0.5) is 5.69 Å². The monoisotopic (exact) mass is 328 g/mol. The number of amides is 1. The van der Waals surface area contributed by atoms with E-state index in [1.54, 1.807) is 6.20 Å². The van der Waals surface area contributed by atoms with Crippen molar-refractivity contribution in [3.05, 3.63) is 64.3 Å².